The minimum Gasteiger partial charge on any atom is -0.497 e. The van der Waals surface area contributed by atoms with Gasteiger partial charge in [0.15, 0.2) is 0 Å². The van der Waals surface area contributed by atoms with Crippen LogP contribution in [0.15, 0.2) is 53.7 Å². The smallest absolute Gasteiger partial charge is 0.322 e. The van der Waals surface area contributed by atoms with Crippen molar-refractivity contribution in [1.29, 1.82) is 0 Å². The number of benzene rings is 1. The SMILES string of the molecule is COc1ccc(S(=O)(=O)N(Cc2cccnc2)C(CC(C)C)C(=O)O)cc1. The summed E-state index contributed by atoms with van der Waals surface area (Å²) >= 11 is 0. The zero-order valence-electron chi connectivity index (χ0n) is 15.6. The summed E-state index contributed by atoms with van der Waals surface area (Å²) in [7, 11) is -2.56. The number of hydrogen-bond acceptors (Lipinski definition) is 5. The monoisotopic (exact) mass is 392 g/mol. The highest BCUT2D eigenvalue weighted by molar-refractivity contribution is 7.89. The second kappa shape index (κ2) is 8.96. The fraction of sp³-hybridized carbons (Fsp3) is 0.368. The predicted octanol–water partition coefficient (Wildman–Crippen LogP) is 2.78. The third-order valence-electron chi connectivity index (χ3n) is 4.05. The summed E-state index contributed by atoms with van der Waals surface area (Å²) < 4.78 is 32.6. The molecule has 0 bridgehead atoms. The van der Waals surface area contributed by atoms with Crippen LogP contribution >= 0.6 is 0 Å². The molecule has 2 rings (SSSR count). The molecular formula is C19H24N2O5S. The third-order valence-corrected chi connectivity index (χ3v) is 5.92. The zero-order valence-corrected chi connectivity index (χ0v) is 16.4. The molecule has 1 atom stereocenters. The lowest BCUT2D eigenvalue weighted by Crippen LogP contribution is -2.45. The van der Waals surface area contributed by atoms with Crippen LogP contribution in [0.1, 0.15) is 25.8 Å². The van der Waals surface area contributed by atoms with Crippen molar-refractivity contribution in [1.82, 2.24) is 9.29 Å². The van der Waals surface area contributed by atoms with Gasteiger partial charge >= 0.3 is 5.97 Å². The van der Waals surface area contributed by atoms with Crippen LogP contribution in [-0.2, 0) is 21.4 Å². The van der Waals surface area contributed by atoms with Gasteiger partial charge in [0.2, 0.25) is 10.0 Å². The Hall–Kier alpha value is -2.45. The van der Waals surface area contributed by atoms with Crippen LogP contribution < -0.4 is 4.74 Å². The van der Waals surface area contributed by atoms with E-state index in [0.717, 1.165) is 4.31 Å². The molecule has 0 aliphatic rings. The lowest BCUT2D eigenvalue weighted by atomic mass is 10.0. The Kier molecular flexibility index (Phi) is 6.92. The molecule has 146 valence electrons. The summed E-state index contributed by atoms with van der Waals surface area (Å²) in [6, 6.07) is 8.12. The average molecular weight is 392 g/mol. The topological polar surface area (TPSA) is 96.8 Å². The van der Waals surface area contributed by atoms with E-state index in [4.69, 9.17) is 4.74 Å². The molecule has 1 heterocycles. The highest BCUT2D eigenvalue weighted by Gasteiger charge is 2.36. The van der Waals surface area contributed by atoms with Crippen molar-refractivity contribution in [3.05, 3.63) is 54.4 Å². The van der Waals surface area contributed by atoms with E-state index >= 15 is 0 Å². The summed E-state index contributed by atoms with van der Waals surface area (Å²) in [5.41, 5.74) is 0.615. The fourth-order valence-corrected chi connectivity index (χ4v) is 4.29. The number of carboxylic acids is 1. The van der Waals surface area contributed by atoms with Crippen LogP contribution in [0.25, 0.3) is 0 Å². The van der Waals surface area contributed by atoms with Crippen LogP contribution in [0, 0.1) is 5.92 Å². The third kappa shape index (κ3) is 5.27. The number of aromatic nitrogens is 1. The second-order valence-corrected chi connectivity index (χ2v) is 8.46. The molecule has 27 heavy (non-hydrogen) atoms. The van der Waals surface area contributed by atoms with E-state index in [1.165, 1.54) is 37.6 Å². The van der Waals surface area contributed by atoms with Gasteiger partial charge in [0.25, 0.3) is 0 Å². The van der Waals surface area contributed by atoms with Gasteiger partial charge in [-0.25, -0.2) is 8.42 Å². The number of rotatable bonds is 9. The maximum Gasteiger partial charge on any atom is 0.322 e. The van der Waals surface area contributed by atoms with E-state index in [-0.39, 0.29) is 23.8 Å². The van der Waals surface area contributed by atoms with Crippen molar-refractivity contribution >= 4 is 16.0 Å². The molecule has 1 aromatic carbocycles. The maximum atomic E-state index is 13.3. The summed E-state index contributed by atoms with van der Waals surface area (Å²) in [4.78, 5) is 15.9. The molecule has 7 nitrogen and oxygen atoms in total. The zero-order chi connectivity index (χ0) is 20.0. The minimum absolute atomic E-state index is 0.00793. The number of nitrogens with zero attached hydrogens (tertiary/aromatic N) is 2. The standard InChI is InChI=1S/C19H24N2O5S/c1-14(2)11-18(19(22)23)21(13-15-5-4-10-20-12-15)27(24,25)17-8-6-16(26-3)7-9-17/h4-10,12,14,18H,11,13H2,1-3H3,(H,22,23). The Morgan fingerprint density at radius 3 is 2.37 bits per heavy atom. The molecule has 1 unspecified atom stereocenters. The van der Waals surface area contributed by atoms with Crippen LogP contribution in [0.5, 0.6) is 5.75 Å². The molecule has 0 fully saturated rings. The van der Waals surface area contributed by atoms with E-state index in [1.807, 2.05) is 13.8 Å². The number of hydrogen-bond donors (Lipinski definition) is 1. The van der Waals surface area contributed by atoms with Crippen molar-refractivity contribution in [3.63, 3.8) is 0 Å². The van der Waals surface area contributed by atoms with Gasteiger partial charge in [0.1, 0.15) is 11.8 Å². The molecule has 0 spiro atoms. The minimum atomic E-state index is -4.04. The van der Waals surface area contributed by atoms with Crippen molar-refractivity contribution in [2.24, 2.45) is 5.92 Å². The Bertz CT molecular complexity index is 851. The normalized spacial score (nSPS) is 12.9. The van der Waals surface area contributed by atoms with Crippen LogP contribution in [0.2, 0.25) is 0 Å². The lowest BCUT2D eigenvalue weighted by molar-refractivity contribution is -0.142. The first-order valence-corrected chi connectivity index (χ1v) is 9.97. The van der Waals surface area contributed by atoms with E-state index in [1.54, 1.807) is 18.3 Å². The van der Waals surface area contributed by atoms with Gasteiger partial charge in [-0.2, -0.15) is 4.31 Å². The quantitative estimate of drug-likeness (QED) is 0.705. The van der Waals surface area contributed by atoms with Crippen molar-refractivity contribution < 1.29 is 23.1 Å². The molecule has 0 aliphatic heterocycles. The van der Waals surface area contributed by atoms with Gasteiger partial charge in [-0.15, -0.1) is 0 Å². The Morgan fingerprint density at radius 2 is 1.89 bits per heavy atom. The van der Waals surface area contributed by atoms with Crippen molar-refractivity contribution in [2.45, 2.75) is 37.8 Å². The second-order valence-electron chi connectivity index (χ2n) is 6.57. The molecule has 1 aromatic heterocycles. The van der Waals surface area contributed by atoms with Crippen LogP contribution in [-0.4, -0.2) is 41.9 Å². The van der Waals surface area contributed by atoms with Gasteiger partial charge in [-0.05, 0) is 48.2 Å². The van der Waals surface area contributed by atoms with Gasteiger partial charge in [-0.1, -0.05) is 19.9 Å². The molecular weight excluding hydrogens is 368 g/mol. The van der Waals surface area contributed by atoms with Gasteiger partial charge in [0, 0.05) is 18.9 Å². The van der Waals surface area contributed by atoms with E-state index in [0.29, 0.717) is 11.3 Å². The molecule has 2 aromatic rings. The Morgan fingerprint density at radius 1 is 1.22 bits per heavy atom. The van der Waals surface area contributed by atoms with Crippen LogP contribution in [0.4, 0.5) is 0 Å². The van der Waals surface area contributed by atoms with Gasteiger partial charge < -0.3 is 9.84 Å². The van der Waals surface area contributed by atoms with Crippen LogP contribution in [0.3, 0.4) is 0 Å². The number of aliphatic carboxylic acids is 1. The Balaban J connectivity index is 2.49. The molecule has 0 amide bonds. The molecule has 0 aliphatic carbocycles. The molecule has 0 radical (unpaired) electrons. The van der Waals surface area contributed by atoms with Gasteiger partial charge in [0.05, 0.1) is 12.0 Å². The average Bonchev–Trinajstić information content (AvgIpc) is 2.65. The van der Waals surface area contributed by atoms with Crippen molar-refractivity contribution in [2.75, 3.05) is 7.11 Å². The predicted molar refractivity (Wildman–Crippen MR) is 101 cm³/mol. The fourth-order valence-electron chi connectivity index (χ4n) is 2.71. The van der Waals surface area contributed by atoms with E-state index < -0.39 is 22.0 Å². The highest BCUT2D eigenvalue weighted by Crippen LogP contribution is 2.26. The molecule has 0 saturated carbocycles. The summed E-state index contributed by atoms with van der Waals surface area (Å²) in [6.07, 6.45) is 3.31. The summed E-state index contributed by atoms with van der Waals surface area (Å²) in [5.74, 6) is -0.650. The first-order valence-electron chi connectivity index (χ1n) is 8.53. The van der Waals surface area contributed by atoms with E-state index in [2.05, 4.69) is 4.98 Å². The molecule has 8 heteroatoms. The highest BCUT2D eigenvalue weighted by atomic mass is 32.2. The largest absolute Gasteiger partial charge is 0.497 e. The number of carboxylic acid groups (broad SMARTS) is 1. The number of methoxy groups -OCH3 is 1. The molecule has 0 saturated heterocycles. The van der Waals surface area contributed by atoms with Crippen molar-refractivity contribution in [3.8, 4) is 5.75 Å². The van der Waals surface area contributed by atoms with Gasteiger partial charge in [-0.3, -0.25) is 9.78 Å². The Labute approximate surface area is 159 Å². The molecule has 1 N–H and O–H groups in total. The van der Waals surface area contributed by atoms with E-state index in [9.17, 15) is 18.3 Å². The lowest BCUT2D eigenvalue weighted by Gasteiger charge is -2.29. The number of ether oxygens (including phenoxy) is 1. The number of pyridine rings is 1. The first kappa shape index (κ1) is 20.9. The summed E-state index contributed by atoms with van der Waals surface area (Å²) in [5, 5.41) is 9.72. The first-order chi connectivity index (χ1) is 12.8. The number of carbonyl (C=O) groups is 1. The summed E-state index contributed by atoms with van der Waals surface area (Å²) in [6.45, 7) is 3.64. The maximum absolute atomic E-state index is 13.3. The number of sulfonamides is 1.